The molecule has 11 unspecified atom stereocenters. The van der Waals surface area contributed by atoms with Crippen LogP contribution in [0.4, 0.5) is 0 Å². The molecular weight excluding hydrogens is 710 g/mol. The second-order valence-electron chi connectivity index (χ2n) is 14.1. The zero-order valence-electron chi connectivity index (χ0n) is 29.8. The zero-order chi connectivity index (χ0) is 36.3. The summed E-state index contributed by atoms with van der Waals surface area (Å²) in [7, 11) is 0. The van der Waals surface area contributed by atoms with Crippen LogP contribution in [0.3, 0.4) is 0 Å². The van der Waals surface area contributed by atoms with Gasteiger partial charge < -0.3 is 46.5 Å². The molecule has 16 heteroatoms. The summed E-state index contributed by atoms with van der Waals surface area (Å²) in [6.45, 7) is 10.2. The second kappa shape index (κ2) is 19.6. The molecule has 49 heavy (non-hydrogen) atoms. The molecule has 0 aromatic rings. The lowest BCUT2D eigenvalue weighted by Gasteiger charge is -2.39. The van der Waals surface area contributed by atoms with Crippen LogP contribution in [0.2, 0.25) is 0 Å². The van der Waals surface area contributed by atoms with Crippen molar-refractivity contribution in [3.05, 3.63) is 12.7 Å². The molecule has 0 amide bonds. The van der Waals surface area contributed by atoms with Gasteiger partial charge in [0.25, 0.3) is 0 Å². The highest BCUT2D eigenvalue weighted by Crippen LogP contribution is 2.58. The molecule has 11 atom stereocenters. The van der Waals surface area contributed by atoms with Gasteiger partial charge in [-0.15, -0.1) is 6.58 Å². The quantitative estimate of drug-likeness (QED) is 0.0942. The molecule has 3 heterocycles. The molecule has 3 saturated heterocycles. The van der Waals surface area contributed by atoms with E-state index in [0.717, 1.165) is 6.42 Å². The lowest BCUT2D eigenvalue weighted by atomic mass is 9.77. The highest BCUT2D eigenvalue weighted by atomic mass is 32.5. The van der Waals surface area contributed by atoms with Crippen molar-refractivity contribution in [1.29, 1.82) is 10.5 Å². The van der Waals surface area contributed by atoms with Crippen LogP contribution in [0.15, 0.2) is 12.7 Å². The van der Waals surface area contributed by atoms with Crippen LogP contribution in [-0.4, -0.2) is 87.0 Å². The largest absolute Gasteiger partial charge is 0.390 e. The molecule has 3 aliphatic heterocycles. The van der Waals surface area contributed by atoms with Crippen LogP contribution in [0, 0.1) is 33.5 Å². The standard InChI is InChI=1S/C33H56N2O10P2S2/c1-8-16-33(7,10-3)31(12-18-35)45-47(49,40-22-28-24(36)13-19-38-28)43-27-15-21-39-29(27)23-41-46(48,42-26-14-20-37-25(26)9-2)44-30(11-17-34)32(4,5)6/h8,24-31,36H,1,9-16,19-23H2,2-7H3. The first-order valence-electron chi connectivity index (χ1n) is 17.2. The minimum absolute atomic E-state index is 0.0275. The molecule has 0 spiro atoms. The third-order valence-corrected chi connectivity index (χ3v) is 14.1. The fourth-order valence-electron chi connectivity index (χ4n) is 5.89. The Hall–Kier alpha value is -0.380. The number of rotatable bonds is 21. The Labute approximate surface area is 303 Å². The normalized spacial score (nSPS) is 30.8. The summed E-state index contributed by atoms with van der Waals surface area (Å²) >= 11 is 12.0. The van der Waals surface area contributed by atoms with E-state index in [1.165, 1.54) is 0 Å². The minimum atomic E-state index is -3.57. The topological polar surface area (TPSA) is 151 Å². The average Bonchev–Trinajstić information content (AvgIpc) is 3.79. The van der Waals surface area contributed by atoms with Crippen LogP contribution in [0.5, 0.6) is 0 Å². The first-order chi connectivity index (χ1) is 23.1. The van der Waals surface area contributed by atoms with Gasteiger partial charge >= 0.3 is 13.4 Å². The summed E-state index contributed by atoms with van der Waals surface area (Å²) in [5.41, 5.74) is -0.866. The summed E-state index contributed by atoms with van der Waals surface area (Å²) in [6, 6.07) is 4.43. The van der Waals surface area contributed by atoms with Crippen molar-refractivity contribution in [2.45, 2.75) is 142 Å². The zero-order valence-corrected chi connectivity index (χ0v) is 33.2. The highest BCUT2D eigenvalue weighted by molar-refractivity contribution is 8.07. The summed E-state index contributed by atoms with van der Waals surface area (Å²) in [6.07, 6.45) is 1.53. The van der Waals surface area contributed by atoms with Crippen LogP contribution >= 0.6 is 13.4 Å². The lowest BCUT2D eigenvalue weighted by molar-refractivity contribution is -0.0341. The fraction of sp³-hybridized carbons (Fsp3) is 0.879. The van der Waals surface area contributed by atoms with Gasteiger partial charge in [0, 0.05) is 32.7 Å². The van der Waals surface area contributed by atoms with E-state index >= 15 is 0 Å². The third kappa shape index (κ3) is 12.6. The van der Waals surface area contributed by atoms with E-state index < -0.39 is 60.9 Å². The van der Waals surface area contributed by atoms with Crippen molar-refractivity contribution in [2.75, 3.05) is 33.0 Å². The molecule has 3 aliphatic rings. The van der Waals surface area contributed by atoms with Gasteiger partial charge in [-0.3, -0.25) is 0 Å². The molecule has 3 fully saturated rings. The second-order valence-corrected chi connectivity index (χ2v) is 20.0. The molecule has 0 aromatic carbocycles. The van der Waals surface area contributed by atoms with Gasteiger partial charge in [-0.05, 0) is 60.1 Å². The first-order valence-corrected chi connectivity index (χ1v) is 22.4. The molecule has 0 aliphatic carbocycles. The predicted molar refractivity (Wildman–Crippen MR) is 192 cm³/mol. The smallest absolute Gasteiger partial charge is 0.327 e. The average molecular weight is 767 g/mol. The number of hydrogen-bond donors (Lipinski definition) is 1. The van der Waals surface area contributed by atoms with Gasteiger partial charge in [0.15, 0.2) is 0 Å². The maximum Gasteiger partial charge on any atom is 0.327 e. The SMILES string of the molecule is C=CCC(C)(CC)C(CC#N)OP(=S)(OCC1OCCC1O)OC1CCOC1COP(=S)(OC1CCOC1CC)OC(CC#N)C(C)(C)C. The minimum Gasteiger partial charge on any atom is -0.390 e. The number of nitriles is 2. The third-order valence-electron chi connectivity index (χ3n) is 9.43. The Morgan fingerprint density at radius 3 is 1.82 bits per heavy atom. The highest BCUT2D eigenvalue weighted by Gasteiger charge is 2.44. The Bertz CT molecular complexity index is 1240. The molecule has 0 radical (unpaired) electrons. The summed E-state index contributed by atoms with van der Waals surface area (Å²) in [4.78, 5) is 0. The van der Waals surface area contributed by atoms with Crippen LogP contribution in [0.25, 0.3) is 0 Å². The van der Waals surface area contributed by atoms with Crippen molar-refractivity contribution in [3.63, 3.8) is 0 Å². The maximum absolute atomic E-state index is 10.4. The van der Waals surface area contributed by atoms with Crippen LogP contribution in [-0.2, 0) is 65.0 Å². The number of aliphatic hydroxyl groups excluding tert-OH is 1. The summed E-state index contributed by atoms with van der Waals surface area (Å²) in [5.74, 6) is 0. The predicted octanol–water partition coefficient (Wildman–Crippen LogP) is 7.01. The number of ether oxygens (including phenoxy) is 3. The van der Waals surface area contributed by atoms with E-state index in [1.54, 1.807) is 6.08 Å². The van der Waals surface area contributed by atoms with Crippen molar-refractivity contribution in [2.24, 2.45) is 10.8 Å². The van der Waals surface area contributed by atoms with Gasteiger partial charge in [0.1, 0.15) is 12.2 Å². The summed E-state index contributed by atoms with van der Waals surface area (Å²) < 4.78 is 56.1. The summed E-state index contributed by atoms with van der Waals surface area (Å²) in [5, 5.41) is 29.7. The van der Waals surface area contributed by atoms with Gasteiger partial charge in [-0.25, -0.2) is 0 Å². The van der Waals surface area contributed by atoms with Gasteiger partial charge in [-0.1, -0.05) is 47.6 Å². The van der Waals surface area contributed by atoms with Crippen LogP contribution < -0.4 is 0 Å². The van der Waals surface area contributed by atoms with E-state index in [2.05, 4.69) is 18.7 Å². The van der Waals surface area contributed by atoms with E-state index in [4.69, 9.17) is 65.0 Å². The molecule has 0 saturated carbocycles. The van der Waals surface area contributed by atoms with E-state index in [0.29, 0.717) is 51.9 Å². The molecule has 280 valence electrons. The number of allylic oxidation sites excluding steroid dienone is 1. The molecular formula is C33H56N2O10P2S2. The Morgan fingerprint density at radius 1 is 0.837 bits per heavy atom. The monoisotopic (exact) mass is 766 g/mol. The van der Waals surface area contributed by atoms with Crippen molar-refractivity contribution in [1.82, 2.24) is 0 Å². The number of nitrogens with zero attached hydrogens (tertiary/aromatic N) is 2. The van der Waals surface area contributed by atoms with E-state index in [9.17, 15) is 15.6 Å². The van der Waals surface area contributed by atoms with Crippen molar-refractivity contribution < 1.29 is 46.5 Å². The Kier molecular flexibility index (Phi) is 17.2. The van der Waals surface area contributed by atoms with Crippen molar-refractivity contribution in [3.8, 4) is 12.1 Å². The molecule has 12 nitrogen and oxygen atoms in total. The molecule has 0 bridgehead atoms. The van der Waals surface area contributed by atoms with E-state index in [-0.39, 0.29) is 38.3 Å². The number of hydrogen-bond acceptors (Lipinski definition) is 14. The van der Waals surface area contributed by atoms with E-state index in [1.807, 2.05) is 41.5 Å². The fourth-order valence-corrected chi connectivity index (χ4v) is 11.0. The molecule has 0 aromatic heterocycles. The Balaban J connectivity index is 1.84. The van der Waals surface area contributed by atoms with Gasteiger partial charge in [0.05, 0.1) is 74.8 Å². The molecule has 3 rings (SSSR count). The molecule has 1 N–H and O–H groups in total. The van der Waals surface area contributed by atoms with Crippen molar-refractivity contribution >= 4 is 37.1 Å². The maximum atomic E-state index is 10.4. The number of aliphatic hydroxyl groups is 1. The lowest BCUT2D eigenvalue weighted by Crippen LogP contribution is -2.36. The first kappa shape index (κ1) is 43.0. The van der Waals surface area contributed by atoms with Gasteiger partial charge in [0.2, 0.25) is 0 Å². The van der Waals surface area contributed by atoms with Gasteiger partial charge in [-0.2, -0.15) is 10.5 Å². The Morgan fingerprint density at radius 2 is 1.33 bits per heavy atom. The van der Waals surface area contributed by atoms with Crippen LogP contribution in [0.1, 0.15) is 92.9 Å².